The van der Waals surface area contributed by atoms with Gasteiger partial charge in [0.1, 0.15) is 6.04 Å². The lowest BCUT2D eigenvalue weighted by molar-refractivity contribution is 0.292. The maximum absolute atomic E-state index is 5.53. The smallest absolute Gasteiger partial charge is 0.103 e. The second kappa shape index (κ2) is 8.19. The number of pyridine rings is 1. The quantitative estimate of drug-likeness (QED) is 0.609. The van der Waals surface area contributed by atoms with E-state index in [2.05, 4.69) is 33.9 Å². The normalized spacial score (nSPS) is 12.7. The van der Waals surface area contributed by atoms with Crippen molar-refractivity contribution < 1.29 is 0 Å². The highest BCUT2D eigenvalue weighted by molar-refractivity contribution is 7.80. The molecule has 0 spiro atoms. The van der Waals surface area contributed by atoms with Crippen LogP contribution in [0, 0.1) is 0 Å². The Balaban J connectivity index is 2.70. The summed E-state index contributed by atoms with van der Waals surface area (Å²) in [7, 11) is 4.04. The zero-order chi connectivity index (χ0) is 14.3. The fourth-order valence-electron chi connectivity index (χ4n) is 1.90. The van der Waals surface area contributed by atoms with Crippen molar-refractivity contribution in [2.24, 2.45) is 0 Å². The molecule has 0 amide bonds. The molecule has 1 aromatic heterocycles. The summed E-state index contributed by atoms with van der Waals surface area (Å²) in [5, 5.41) is 3.34. The first-order chi connectivity index (χ1) is 9.10. The van der Waals surface area contributed by atoms with E-state index in [0.29, 0.717) is 0 Å². The van der Waals surface area contributed by atoms with Gasteiger partial charge in [-0.1, -0.05) is 32.1 Å². The van der Waals surface area contributed by atoms with Crippen LogP contribution in [-0.4, -0.2) is 53.6 Å². The van der Waals surface area contributed by atoms with Crippen molar-refractivity contribution in [2.75, 3.05) is 33.9 Å². The Morgan fingerprint density at radius 1 is 1.32 bits per heavy atom. The molecule has 1 rings (SSSR count). The van der Waals surface area contributed by atoms with Gasteiger partial charge in [0.15, 0.2) is 0 Å². The van der Waals surface area contributed by atoms with Crippen molar-refractivity contribution in [3.05, 3.63) is 30.1 Å². The van der Waals surface area contributed by atoms with E-state index in [0.717, 1.165) is 30.4 Å². The molecule has 19 heavy (non-hydrogen) atoms. The van der Waals surface area contributed by atoms with Crippen LogP contribution in [0.4, 0.5) is 0 Å². The van der Waals surface area contributed by atoms with E-state index in [1.807, 2.05) is 32.3 Å². The molecule has 0 bridgehead atoms. The van der Waals surface area contributed by atoms with Gasteiger partial charge in [0.05, 0.1) is 17.4 Å². The Hall–Kier alpha value is -1.04. The molecule has 0 aromatic carbocycles. The molecule has 1 unspecified atom stereocenters. The fourth-order valence-corrected chi connectivity index (χ4v) is 2.30. The molecule has 1 atom stereocenters. The lowest BCUT2D eigenvalue weighted by atomic mass is 10.1. The molecule has 0 saturated carbocycles. The van der Waals surface area contributed by atoms with Crippen LogP contribution in [-0.2, 0) is 0 Å². The molecule has 5 heteroatoms. The maximum atomic E-state index is 5.53. The van der Waals surface area contributed by atoms with Gasteiger partial charge in [-0.05, 0) is 39.3 Å². The molecular formula is C14H24N4S. The highest BCUT2D eigenvalue weighted by atomic mass is 32.1. The Labute approximate surface area is 121 Å². The van der Waals surface area contributed by atoms with Crippen molar-refractivity contribution >= 4 is 17.2 Å². The molecule has 1 heterocycles. The Morgan fingerprint density at radius 3 is 2.47 bits per heavy atom. The number of nitrogens with one attached hydrogen (secondary N) is 1. The van der Waals surface area contributed by atoms with Crippen LogP contribution in [0.3, 0.4) is 0 Å². The minimum absolute atomic E-state index is 0.0202. The third-order valence-electron chi connectivity index (χ3n) is 3.10. The van der Waals surface area contributed by atoms with Gasteiger partial charge in [0.2, 0.25) is 0 Å². The van der Waals surface area contributed by atoms with Gasteiger partial charge in [-0.2, -0.15) is 0 Å². The number of rotatable bonds is 7. The Kier molecular flexibility index (Phi) is 6.91. The second-order valence-corrected chi connectivity index (χ2v) is 5.06. The lowest BCUT2D eigenvalue weighted by Gasteiger charge is -2.27. The molecule has 4 nitrogen and oxygen atoms in total. The van der Waals surface area contributed by atoms with Crippen LogP contribution in [0.15, 0.2) is 24.4 Å². The largest absolute Gasteiger partial charge is 0.365 e. The zero-order valence-electron chi connectivity index (χ0n) is 12.3. The summed E-state index contributed by atoms with van der Waals surface area (Å²) in [6.45, 7) is 7.11. The third kappa shape index (κ3) is 4.86. The zero-order valence-corrected chi connectivity index (χ0v) is 13.1. The highest BCUT2D eigenvalue weighted by Crippen LogP contribution is 2.16. The number of hydrogen-bond acceptors (Lipinski definition) is 4. The fraction of sp³-hybridized carbons (Fsp3) is 0.571. The van der Waals surface area contributed by atoms with Crippen LogP contribution >= 0.6 is 12.2 Å². The van der Waals surface area contributed by atoms with Crippen LogP contribution in [0.2, 0.25) is 0 Å². The van der Waals surface area contributed by atoms with Gasteiger partial charge in [-0.3, -0.25) is 14.8 Å². The number of nitrogens with zero attached hydrogens (tertiary/aromatic N) is 3. The molecule has 0 aliphatic rings. The number of likely N-dealkylation sites (N-methyl/N-ethyl adjacent to an activating group) is 1. The summed E-state index contributed by atoms with van der Waals surface area (Å²) in [6, 6.07) is 5.94. The van der Waals surface area contributed by atoms with Crippen LogP contribution in [0.25, 0.3) is 0 Å². The van der Waals surface area contributed by atoms with E-state index in [1.165, 1.54) is 0 Å². The SMILES string of the molecule is CCN(CC)CNC(=S)C(c1ccccn1)N(C)C. The van der Waals surface area contributed by atoms with E-state index >= 15 is 0 Å². The van der Waals surface area contributed by atoms with Crippen molar-refractivity contribution in [3.63, 3.8) is 0 Å². The molecule has 1 aromatic rings. The maximum Gasteiger partial charge on any atom is 0.103 e. The summed E-state index contributed by atoms with van der Waals surface area (Å²) in [4.78, 5) is 9.59. The topological polar surface area (TPSA) is 31.4 Å². The number of aromatic nitrogens is 1. The molecule has 0 saturated heterocycles. The van der Waals surface area contributed by atoms with E-state index in [1.54, 1.807) is 6.20 Å². The summed E-state index contributed by atoms with van der Waals surface area (Å²) in [5.41, 5.74) is 0.976. The monoisotopic (exact) mass is 280 g/mol. The van der Waals surface area contributed by atoms with E-state index < -0.39 is 0 Å². The first-order valence-electron chi connectivity index (χ1n) is 6.67. The van der Waals surface area contributed by atoms with E-state index in [9.17, 15) is 0 Å². The standard InChI is InChI=1S/C14H24N4S/c1-5-18(6-2)11-16-14(19)13(17(3)4)12-9-7-8-10-15-12/h7-10,13H,5-6,11H2,1-4H3,(H,16,19). The predicted octanol–water partition coefficient (Wildman–Crippen LogP) is 1.90. The Bertz CT molecular complexity index is 376. The number of hydrogen-bond donors (Lipinski definition) is 1. The van der Waals surface area contributed by atoms with E-state index in [-0.39, 0.29) is 6.04 Å². The van der Waals surface area contributed by atoms with Crippen LogP contribution in [0.5, 0.6) is 0 Å². The summed E-state index contributed by atoms with van der Waals surface area (Å²) in [6.07, 6.45) is 1.80. The van der Waals surface area contributed by atoms with Crippen LogP contribution in [0.1, 0.15) is 25.6 Å². The average molecular weight is 280 g/mol. The second-order valence-electron chi connectivity index (χ2n) is 4.62. The molecule has 1 N–H and O–H groups in total. The molecule has 0 fully saturated rings. The van der Waals surface area contributed by atoms with Crippen molar-refractivity contribution in [3.8, 4) is 0 Å². The summed E-state index contributed by atoms with van der Waals surface area (Å²) >= 11 is 5.53. The minimum Gasteiger partial charge on any atom is -0.365 e. The first-order valence-corrected chi connectivity index (χ1v) is 7.08. The Morgan fingerprint density at radius 2 is 2.00 bits per heavy atom. The van der Waals surface area contributed by atoms with Gasteiger partial charge < -0.3 is 5.32 Å². The molecule has 106 valence electrons. The van der Waals surface area contributed by atoms with Crippen molar-refractivity contribution in [1.82, 2.24) is 20.1 Å². The molecule has 0 radical (unpaired) electrons. The minimum atomic E-state index is 0.0202. The predicted molar refractivity (Wildman–Crippen MR) is 84.2 cm³/mol. The van der Waals surface area contributed by atoms with Crippen molar-refractivity contribution in [1.29, 1.82) is 0 Å². The van der Waals surface area contributed by atoms with Crippen LogP contribution < -0.4 is 5.32 Å². The highest BCUT2D eigenvalue weighted by Gasteiger charge is 2.20. The molecule has 0 aliphatic carbocycles. The van der Waals surface area contributed by atoms with E-state index in [4.69, 9.17) is 12.2 Å². The summed E-state index contributed by atoms with van der Waals surface area (Å²) in [5.74, 6) is 0. The molecular weight excluding hydrogens is 256 g/mol. The van der Waals surface area contributed by atoms with Gasteiger partial charge in [-0.15, -0.1) is 0 Å². The average Bonchev–Trinajstić information content (AvgIpc) is 2.41. The first kappa shape index (κ1) is 16.0. The number of thiocarbonyl (C=S) groups is 1. The van der Waals surface area contributed by atoms with Gasteiger partial charge in [0.25, 0.3) is 0 Å². The third-order valence-corrected chi connectivity index (χ3v) is 3.47. The van der Waals surface area contributed by atoms with Gasteiger partial charge in [0, 0.05) is 6.20 Å². The molecule has 0 aliphatic heterocycles. The van der Waals surface area contributed by atoms with Gasteiger partial charge in [-0.25, -0.2) is 0 Å². The van der Waals surface area contributed by atoms with Crippen molar-refractivity contribution in [2.45, 2.75) is 19.9 Å². The summed E-state index contributed by atoms with van der Waals surface area (Å²) < 4.78 is 0. The van der Waals surface area contributed by atoms with Gasteiger partial charge >= 0.3 is 0 Å². The lowest BCUT2D eigenvalue weighted by Crippen LogP contribution is -2.42.